The van der Waals surface area contributed by atoms with E-state index in [0.717, 1.165) is 24.8 Å². The highest BCUT2D eigenvalue weighted by Gasteiger charge is 2.41. The number of hydrogen-bond donors (Lipinski definition) is 0. The van der Waals surface area contributed by atoms with Crippen molar-refractivity contribution < 1.29 is 39.9 Å². The summed E-state index contributed by atoms with van der Waals surface area (Å²) < 4.78 is 116. The summed E-state index contributed by atoms with van der Waals surface area (Å²) in [5.41, 5.74) is -1.51. The van der Waals surface area contributed by atoms with Gasteiger partial charge in [-0.2, -0.15) is 8.78 Å². The van der Waals surface area contributed by atoms with Crippen LogP contribution in [0.3, 0.4) is 0 Å². The number of hydrogen-bond acceptors (Lipinski definition) is 1. The summed E-state index contributed by atoms with van der Waals surface area (Å²) in [6.07, 6.45) is 2.36. The van der Waals surface area contributed by atoms with Gasteiger partial charge in [0.2, 0.25) is 0 Å². The molecule has 1 nitrogen and oxygen atoms in total. The molecule has 0 bridgehead atoms. The molecule has 0 aromatic heterocycles. The second kappa shape index (κ2) is 10.9. The van der Waals surface area contributed by atoms with Crippen LogP contribution in [-0.4, -0.2) is 0 Å². The summed E-state index contributed by atoms with van der Waals surface area (Å²) >= 11 is 0. The van der Waals surface area contributed by atoms with E-state index in [0.29, 0.717) is 18.1 Å². The summed E-state index contributed by atoms with van der Waals surface area (Å²) in [5.74, 6) is -5.62. The van der Waals surface area contributed by atoms with Crippen molar-refractivity contribution in [2.45, 2.75) is 38.2 Å². The third-order valence-corrected chi connectivity index (χ3v) is 6.29. The maximum atomic E-state index is 14.7. The van der Waals surface area contributed by atoms with Crippen LogP contribution in [0.4, 0.5) is 35.1 Å². The Bertz CT molecular complexity index is 1400. The van der Waals surface area contributed by atoms with Gasteiger partial charge in [-0.1, -0.05) is 37.0 Å². The molecule has 0 saturated heterocycles. The first-order valence-corrected chi connectivity index (χ1v) is 11.7. The third kappa shape index (κ3) is 5.85. The van der Waals surface area contributed by atoms with Crippen LogP contribution in [0, 0.1) is 52.7 Å². The van der Waals surface area contributed by atoms with Crippen molar-refractivity contribution in [3.63, 3.8) is 0 Å². The van der Waals surface area contributed by atoms with E-state index >= 15 is 0 Å². The maximum absolute atomic E-state index is 14.7. The van der Waals surface area contributed by atoms with Gasteiger partial charge >= 0.3 is 6.11 Å². The zero-order chi connectivity index (χ0) is 27.6. The molecular formula is C29H20F8O. The standard InChI is InChI=1S/C29H20F8O/c1-2-16-3-6-18(7-4-16)20-10-9-19(22(30)13-20)8-5-17-11-23(31)27(24(32)12-17)29(36,37)38-21-14-25(33)28(35)26(34)15-21/h3,6,9-16,18H,2,4,7H2,1H3. The molecule has 0 amide bonds. The van der Waals surface area contributed by atoms with Crippen LogP contribution in [0.25, 0.3) is 0 Å². The Labute approximate surface area is 213 Å². The highest BCUT2D eigenvalue weighted by molar-refractivity contribution is 5.46. The number of halogens is 8. The lowest BCUT2D eigenvalue weighted by Gasteiger charge is -2.22. The van der Waals surface area contributed by atoms with Gasteiger partial charge in [-0.3, -0.25) is 0 Å². The number of allylic oxidation sites excluding steroid dienone is 2. The van der Waals surface area contributed by atoms with E-state index in [-0.39, 0.29) is 29.2 Å². The van der Waals surface area contributed by atoms with Crippen LogP contribution in [0.5, 0.6) is 5.75 Å². The lowest BCUT2D eigenvalue weighted by atomic mass is 9.83. The molecule has 0 heterocycles. The van der Waals surface area contributed by atoms with Crippen molar-refractivity contribution in [2.75, 3.05) is 0 Å². The lowest BCUT2D eigenvalue weighted by molar-refractivity contribution is -0.189. The molecule has 1 aliphatic rings. The predicted molar refractivity (Wildman–Crippen MR) is 124 cm³/mol. The molecule has 4 rings (SSSR count). The van der Waals surface area contributed by atoms with Crippen molar-refractivity contribution in [1.29, 1.82) is 0 Å². The van der Waals surface area contributed by atoms with Crippen LogP contribution in [0.2, 0.25) is 0 Å². The molecule has 0 N–H and O–H groups in total. The van der Waals surface area contributed by atoms with Gasteiger partial charge in [-0.25, -0.2) is 26.3 Å². The minimum Gasteiger partial charge on any atom is -0.429 e. The van der Waals surface area contributed by atoms with Gasteiger partial charge in [0.25, 0.3) is 0 Å². The van der Waals surface area contributed by atoms with Crippen LogP contribution < -0.4 is 4.74 Å². The Morgan fingerprint density at radius 3 is 2.00 bits per heavy atom. The summed E-state index contributed by atoms with van der Waals surface area (Å²) in [5, 5.41) is 0. The third-order valence-electron chi connectivity index (χ3n) is 6.29. The van der Waals surface area contributed by atoms with Crippen molar-refractivity contribution in [3.05, 3.63) is 112 Å². The Morgan fingerprint density at radius 2 is 1.45 bits per heavy atom. The first-order valence-electron chi connectivity index (χ1n) is 11.7. The Balaban J connectivity index is 1.55. The smallest absolute Gasteiger partial charge is 0.429 e. The minimum absolute atomic E-state index is 0.0566. The average molecular weight is 536 g/mol. The van der Waals surface area contributed by atoms with E-state index in [9.17, 15) is 35.1 Å². The van der Waals surface area contributed by atoms with Crippen molar-refractivity contribution >= 4 is 0 Å². The van der Waals surface area contributed by atoms with Gasteiger partial charge in [0, 0.05) is 23.6 Å². The summed E-state index contributed by atoms with van der Waals surface area (Å²) in [6, 6.07) is 5.66. The molecule has 0 saturated carbocycles. The van der Waals surface area contributed by atoms with E-state index in [1.165, 1.54) is 12.1 Å². The maximum Gasteiger partial charge on any atom is 0.432 e. The molecule has 2 unspecified atom stereocenters. The summed E-state index contributed by atoms with van der Waals surface area (Å²) in [6.45, 7) is 2.10. The van der Waals surface area contributed by atoms with Crippen LogP contribution in [0.15, 0.2) is 54.6 Å². The van der Waals surface area contributed by atoms with Crippen molar-refractivity contribution in [3.8, 4) is 17.6 Å². The first-order chi connectivity index (χ1) is 18.0. The Morgan fingerprint density at radius 1 is 0.789 bits per heavy atom. The van der Waals surface area contributed by atoms with E-state index in [1.807, 2.05) is 6.08 Å². The number of ether oxygens (including phenoxy) is 1. The SMILES string of the molecule is CCC1C=CC(c2ccc(C#Cc3cc(F)c(C(F)(F)Oc4cc(F)c(F)c(F)c4)c(F)c3)c(F)c2)CC1. The van der Waals surface area contributed by atoms with Gasteiger partial charge in [-0.05, 0) is 55.0 Å². The van der Waals surface area contributed by atoms with Gasteiger partial charge in [0.1, 0.15) is 28.8 Å². The average Bonchev–Trinajstić information content (AvgIpc) is 2.85. The monoisotopic (exact) mass is 536 g/mol. The molecule has 0 fully saturated rings. The molecular weight excluding hydrogens is 516 g/mol. The second-order valence-electron chi connectivity index (χ2n) is 8.86. The number of rotatable bonds is 5. The van der Waals surface area contributed by atoms with E-state index in [1.54, 1.807) is 6.07 Å². The molecule has 3 aromatic carbocycles. The molecule has 9 heteroatoms. The van der Waals surface area contributed by atoms with Crippen LogP contribution in [-0.2, 0) is 6.11 Å². The molecule has 0 spiro atoms. The normalized spacial score (nSPS) is 17.2. The van der Waals surface area contributed by atoms with Crippen LogP contribution in [0.1, 0.15) is 54.4 Å². The van der Waals surface area contributed by atoms with Gasteiger partial charge < -0.3 is 4.74 Å². The highest BCUT2D eigenvalue weighted by atomic mass is 19.3. The minimum atomic E-state index is -4.72. The molecule has 1 aliphatic carbocycles. The fourth-order valence-electron chi connectivity index (χ4n) is 4.21. The Hall–Kier alpha value is -3.80. The second-order valence-corrected chi connectivity index (χ2v) is 8.86. The predicted octanol–water partition coefficient (Wildman–Crippen LogP) is 8.51. The lowest BCUT2D eigenvalue weighted by Crippen LogP contribution is -2.25. The van der Waals surface area contributed by atoms with Gasteiger partial charge in [0.15, 0.2) is 17.5 Å². The molecule has 38 heavy (non-hydrogen) atoms. The van der Waals surface area contributed by atoms with Gasteiger partial charge in [-0.15, -0.1) is 0 Å². The van der Waals surface area contributed by atoms with Crippen molar-refractivity contribution in [1.82, 2.24) is 0 Å². The largest absolute Gasteiger partial charge is 0.432 e. The topological polar surface area (TPSA) is 9.23 Å². The molecule has 0 radical (unpaired) electrons. The van der Waals surface area contributed by atoms with Gasteiger partial charge in [0.05, 0.1) is 5.56 Å². The van der Waals surface area contributed by atoms with E-state index < -0.39 is 52.3 Å². The molecule has 198 valence electrons. The zero-order valence-electron chi connectivity index (χ0n) is 19.9. The molecule has 3 aromatic rings. The fourth-order valence-corrected chi connectivity index (χ4v) is 4.21. The van der Waals surface area contributed by atoms with E-state index in [2.05, 4.69) is 29.6 Å². The quantitative estimate of drug-likeness (QED) is 0.138. The Kier molecular flexibility index (Phi) is 7.81. The zero-order valence-corrected chi connectivity index (χ0v) is 19.9. The first kappa shape index (κ1) is 27.2. The molecule has 0 aliphatic heterocycles. The summed E-state index contributed by atoms with van der Waals surface area (Å²) in [4.78, 5) is 0. The molecule has 2 atom stereocenters. The summed E-state index contributed by atoms with van der Waals surface area (Å²) in [7, 11) is 0. The fraction of sp³-hybridized carbons (Fsp3) is 0.241. The highest BCUT2D eigenvalue weighted by Crippen LogP contribution is 2.36. The van der Waals surface area contributed by atoms with Crippen LogP contribution >= 0.6 is 0 Å². The number of alkyl halides is 2. The number of benzene rings is 3. The van der Waals surface area contributed by atoms with E-state index in [4.69, 9.17) is 0 Å². The van der Waals surface area contributed by atoms with Crippen molar-refractivity contribution in [2.24, 2.45) is 5.92 Å².